The van der Waals surface area contributed by atoms with E-state index >= 15 is 0 Å². The molecule has 0 spiro atoms. The van der Waals surface area contributed by atoms with Gasteiger partial charge in [-0.15, -0.1) is 11.3 Å². The summed E-state index contributed by atoms with van der Waals surface area (Å²) < 4.78 is 26.9. The number of para-hydroxylation sites is 1. The molecule has 0 aliphatic carbocycles. The highest BCUT2D eigenvalue weighted by Gasteiger charge is 2.20. The number of H-pyrrole nitrogens is 1. The molecular formula is C17H19BrN2O2S2. The lowest BCUT2D eigenvalue weighted by atomic mass is 9.92. The van der Waals surface area contributed by atoms with Crippen LogP contribution in [0.15, 0.2) is 40.3 Å². The molecule has 3 aromatic rings. The Morgan fingerprint density at radius 1 is 1.38 bits per heavy atom. The average Bonchev–Trinajstić information content (AvgIpc) is 3.10. The van der Waals surface area contributed by atoms with Gasteiger partial charge in [-0.05, 0) is 40.0 Å². The summed E-state index contributed by atoms with van der Waals surface area (Å²) in [7, 11) is -3.31. The summed E-state index contributed by atoms with van der Waals surface area (Å²) in [4.78, 5) is 4.57. The van der Waals surface area contributed by atoms with E-state index < -0.39 is 10.0 Å². The van der Waals surface area contributed by atoms with Crippen LogP contribution < -0.4 is 4.72 Å². The first-order valence-electron chi connectivity index (χ1n) is 7.70. The summed E-state index contributed by atoms with van der Waals surface area (Å²) in [5.74, 6) is 0.300. The number of nitrogens with one attached hydrogen (secondary N) is 2. The van der Waals surface area contributed by atoms with Crippen LogP contribution >= 0.6 is 27.3 Å². The number of fused-ring (bicyclic) bond motifs is 1. The zero-order chi connectivity index (χ0) is 17.3. The second kappa shape index (κ2) is 6.90. The summed E-state index contributed by atoms with van der Waals surface area (Å²) >= 11 is 5.28. The van der Waals surface area contributed by atoms with Crippen LogP contribution in [0.4, 0.5) is 5.69 Å². The highest BCUT2D eigenvalue weighted by molar-refractivity contribution is 9.10. The van der Waals surface area contributed by atoms with E-state index in [9.17, 15) is 8.42 Å². The summed E-state index contributed by atoms with van der Waals surface area (Å²) in [5, 5.41) is 3.16. The van der Waals surface area contributed by atoms with Crippen molar-refractivity contribution in [2.45, 2.75) is 25.7 Å². The van der Waals surface area contributed by atoms with Crippen molar-refractivity contribution in [2.75, 3.05) is 11.0 Å². The molecule has 0 radical (unpaired) electrons. The Labute approximate surface area is 154 Å². The van der Waals surface area contributed by atoms with Crippen LogP contribution in [0.2, 0.25) is 0 Å². The van der Waals surface area contributed by atoms with Gasteiger partial charge in [-0.3, -0.25) is 4.72 Å². The molecule has 4 nitrogen and oxygen atoms in total. The minimum absolute atomic E-state index is 0.300. The molecule has 0 fully saturated rings. The van der Waals surface area contributed by atoms with Gasteiger partial charge in [0.15, 0.2) is 0 Å². The Morgan fingerprint density at radius 2 is 2.17 bits per heavy atom. The highest BCUT2D eigenvalue weighted by Crippen LogP contribution is 2.39. The number of halogens is 1. The zero-order valence-electron chi connectivity index (χ0n) is 13.5. The Balaban J connectivity index is 2.10. The van der Waals surface area contributed by atoms with Gasteiger partial charge in [0, 0.05) is 32.2 Å². The van der Waals surface area contributed by atoms with E-state index in [1.807, 2.05) is 18.3 Å². The molecule has 0 saturated heterocycles. The minimum Gasteiger partial charge on any atom is -0.359 e. The first-order valence-corrected chi connectivity index (χ1v) is 11.3. The monoisotopic (exact) mass is 426 g/mol. The Kier molecular flexibility index (Phi) is 5.03. The summed E-state index contributed by atoms with van der Waals surface area (Å²) in [6, 6.07) is 7.88. The second-order valence-corrected chi connectivity index (χ2v) is 9.46. The van der Waals surface area contributed by atoms with E-state index in [0.29, 0.717) is 11.6 Å². The van der Waals surface area contributed by atoms with Crippen molar-refractivity contribution in [2.24, 2.45) is 0 Å². The highest BCUT2D eigenvalue weighted by atomic mass is 79.9. The molecule has 1 aromatic carbocycles. The van der Waals surface area contributed by atoms with Crippen molar-refractivity contribution in [1.29, 1.82) is 0 Å². The molecule has 24 heavy (non-hydrogen) atoms. The van der Waals surface area contributed by atoms with Gasteiger partial charge in [-0.25, -0.2) is 8.42 Å². The number of thiophene rings is 1. The van der Waals surface area contributed by atoms with E-state index in [1.165, 1.54) is 16.7 Å². The summed E-state index contributed by atoms with van der Waals surface area (Å²) in [5.41, 5.74) is 2.62. The molecule has 0 bridgehead atoms. The topological polar surface area (TPSA) is 62.0 Å². The lowest BCUT2D eigenvalue weighted by Crippen LogP contribution is -2.09. The molecule has 128 valence electrons. The fourth-order valence-corrected chi connectivity index (χ4v) is 5.17. The third-order valence-corrected chi connectivity index (χ3v) is 6.32. The molecule has 3 rings (SSSR count). The number of aromatic nitrogens is 1. The minimum atomic E-state index is -3.31. The Bertz CT molecular complexity index is 960. The van der Waals surface area contributed by atoms with E-state index in [2.05, 4.69) is 44.0 Å². The SMILES string of the molecule is CCCC(c1cc(Br)cs1)c1c[nH]c2c(NS(C)(=O)=O)cccc12. The predicted octanol–water partition coefficient (Wildman–Crippen LogP) is 5.30. The fraction of sp³-hybridized carbons (Fsp3) is 0.294. The number of anilines is 1. The predicted molar refractivity (Wildman–Crippen MR) is 106 cm³/mol. The van der Waals surface area contributed by atoms with Crippen LogP contribution in [0.5, 0.6) is 0 Å². The second-order valence-electron chi connectivity index (χ2n) is 5.85. The third kappa shape index (κ3) is 3.68. The molecule has 7 heteroatoms. The lowest BCUT2D eigenvalue weighted by Gasteiger charge is -2.14. The van der Waals surface area contributed by atoms with E-state index in [4.69, 9.17) is 0 Å². The van der Waals surface area contributed by atoms with Gasteiger partial charge in [0.2, 0.25) is 10.0 Å². The van der Waals surface area contributed by atoms with E-state index in [-0.39, 0.29) is 0 Å². The van der Waals surface area contributed by atoms with Crippen LogP contribution in [-0.4, -0.2) is 19.7 Å². The van der Waals surface area contributed by atoms with Crippen molar-refractivity contribution in [3.63, 3.8) is 0 Å². The van der Waals surface area contributed by atoms with E-state index in [1.54, 1.807) is 17.4 Å². The number of aromatic amines is 1. The smallest absolute Gasteiger partial charge is 0.229 e. The van der Waals surface area contributed by atoms with Crippen LogP contribution in [-0.2, 0) is 10.0 Å². The van der Waals surface area contributed by atoms with Gasteiger partial charge < -0.3 is 4.98 Å². The standard InChI is InChI=1S/C17H19BrN2O2S2/c1-3-5-12(16-8-11(18)10-23-16)14-9-19-17-13(14)6-4-7-15(17)20-24(2,21)22/h4,6-10,12,19-20H,3,5H2,1-2H3. The van der Waals surface area contributed by atoms with Crippen molar-refractivity contribution < 1.29 is 8.42 Å². The van der Waals surface area contributed by atoms with Gasteiger partial charge in [-0.2, -0.15) is 0 Å². The Hall–Kier alpha value is -1.31. The maximum Gasteiger partial charge on any atom is 0.229 e. The van der Waals surface area contributed by atoms with Gasteiger partial charge in [-0.1, -0.05) is 25.5 Å². The van der Waals surface area contributed by atoms with Gasteiger partial charge in [0.25, 0.3) is 0 Å². The number of hydrogen-bond acceptors (Lipinski definition) is 3. The maximum absolute atomic E-state index is 11.6. The molecule has 1 unspecified atom stereocenters. The summed E-state index contributed by atoms with van der Waals surface area (Å²) in [6.07, 6.45) is 5.29. The molecule has 2 aromatic heterocycles. The number of benzene rings is 1. The zero-order valence-corrected chi connectivity index (χ0v) is 16.7. The molecule has 2 heterocycles. The van der Waals surface area contributed by atoms with Crippen LogP contribution in [0.1, 0.15) is 36.1 Å². The molecular weight excluding hydrogens is 408 g/mol. The van der Waals surface area contributed by atoms with Crippen LogP contribution in [0.25, 0.3) is 10.9 Å². The largest absolute Gasteiger partial charge is 0.359 e. The van der Waals surface area contributed by atoms with Crippen molar-refractivity contribution in [3.8, 4) is 0 Å². The summed E-state index contributed by atoms with van der Waals surface area (Å²) in [6.45, 7) is 2.18. The number of hydrogen-bond donors (Lipinski definition) is 2. The fourth-order valence-electron chi connectivity index (χ4n) is 3.00. The Morgan fingerprint density at radius 3 is 2.79 bits per heavy atom. The van der Waals surface area contributed by atoms with Crippen molar-refractivity contribution >= 4 is 53.9 Å². The van der Waals surface area contributed by atoms with Gasteiger partial charge in [0.05, 0.1) is 17.5 Å². The van der Waals surface area contributed by atoms with Gasteiger partial charge in [0.1, 0.15) is 0 Å². The molecule has 0 aliphatic rings. The van der Waals surface area contributed by atoms with Crippen molar-refractivity contribution in [1.82, 2.24) is 4.98 Å². The molecule has 0 saturated carbocycles. The third-order valence-electron chi connectivity index (χ3n) is 3.93. The normalized spacial score (nSPS) is 13.3. The lowest BCUT2D eigenvalue weighted by molar-refractivity contribution is 0.607. The van der Waals surface area contributed by atoms with E-state index in [0.717, 1.165) is 28.2 Å². The maximum atomic E-state index is 11.6. The average molecular weight is 427 g/mol. The number of rotatable bonds is 6. The van der Waals surface area contributed by atoms with Gasteiger partial charge >= 0.3 is 0 Å². The molecule has 1 atom stereocenters. The van der Waals surface area contributed by atoms with Crippen LogP contribution in [0, 0.1) is 0 Å². The molecule has 0 aliphatic heterocycles. The first kappa shape index (κ1) is 17.5. The van der Waals surface area contributed by atoms with Crippen LogP contribution in [0.3, 0.4) is 0 Å². The molecule has 2 N–H and O–H groups in total. The number of sulfonamides is 1. The van der Waals surface area contributed by atoms with Crippen molar-refractivity contribution in [3.05, 3.63) is 50.8 Å². The molecule has 0 amide bonds. The quantitative estimate of drug-likeness (QED) is 0.561. The first-order chi connectivity index (χ1) is 11.4.